The Hall–Kier alpha value is -2.42. The molecule has 164 valence electrons. The maximum atomic E-state index is 13.1. The summed E-state index contributed by atoms with van der Waals surface area (Å²) in [6, 6.07) is 10.4. The molecule has 31 heavy (non-hydrogen) atoms. The molecule has 1 aliphatic heterocycles. The number of benzene rings is 2. The zero-order valence-electron chi connectivity index (χ0n) is 17.1. The van der Waals surface area contributed by atoms with Crippen molar-refractivity contribution in [1.82, 2.24) is 14.2 Å². The highest BCUT2D eigenvalue weighted by molar-refractivity contribution is 7.89. The van der Waals surface area contributed by atoms with Crippen LogP contribution in [0.2, 0.25) is 5.02 Å². The van der Waals surface area contributed by atoms with Gasteiger partial charge >= 0.3 is 0 Å². The largest absolute Gasteiger partial charge is 0.358 e. The van der Waals surface area contributed by atoms with Crippen molar-refractivity contribution in [2.75, 3.05) is 20.1 Å². The smallest absolute Gasteiger partial charge is 0.242 e. The van der Waals surface area contributed by atoms with Gasteiger partial charge in [0.15, 0.2) is 0 Å². The van der Waals surface area contributed by atoms with E-state index in [-0.39, 0.29) is 23.8 Å². The Morgan fingerprint density at radius 2 is 1.97 bits per heavy atom. The van der Waals surface area contributed by atoms with Gasteiger partial charge in [-0.3, -0.25) is 4.79 Å². The first-order valence-electron chi connectivity index (χ1n) is 10.0. The number of hydrogen-bond donors (Lipinski definition) is 1. The maximum Gasteiger partial charge on any atom is 0.242 e. The Morgan fingerprint density at radius 3 is 2.71 bits per heavy atom. The second-order valence-electron chi connectivity index (χ2n) is 7.72. The van der Waals surface area contributed by atoms with Crippen LogP contribution in [0.15, 0.2) is 47.4 Å². The van der Waals surface area contributed by atoms with Crippen LogP contribution in [0, 0.1) is 5.82 Å². The fourth-order valence-corrected chi connectivity index (χ4v) is 5.30. The van der Waals surface area contributed by atoms with Gasteiger partial charge < -0.3 is 9.88 Å². The second kappa shape index (κ2) is 8.61. The Morgan fingerprint density at radius 1 is 1.23 bits per heavy atom. The average Bonchev–Trinajstić information content (AvgIpc) is 3.11. The standard InChI is InChI=1S/C22H23ClFN3O3S/c1-26(31(29,30)17-7-5-16(24)6-8-17)11-2-3-22(28)27-12-10-21-19(14-27)18-13-15(23)4-9-20(18)25-21/h4-9,13,25H,2-3,10-12,14H2,1H3. The minimum atomic E-state index is -3.71. The number of nitrogens with one attached hydrogen (secondary N) is 1. The molecule has 9 heteroatoms. The monoisotopic (exact) mass is 463 g/mol. The van der Waals surface area contributed by atoms with Gasteiger partial charge in [-0.15, -0.1) is 0 Å². The highest BCUT2D eigenvalue weighted by Gasteiger charge is 2.25. The number of halogens is 2. The SMILES string of the molecule is CN(CCCC(=O)N1CCc2[nH]c3ccc(Cl)cc3c2C1)S(=O)(=O)c1ccc(F)cc1. The lowest BCUT2D eigenvalue weighted by molar-refractivity contribution is -0.132. The fraction of sp³-hybridized carbons (Fsp3) is 0.318. The van der Waals surface area contributed by atoms with Crippen LogP contribution in [0.3, 0.4) is 0 Å². The highest BCUT2D eigenvalue weighted by Crippen LogP contribution is 2.30. The zero-order chi connectivity index (χ0) is 22.2. The molecule has 0 saturated heterocycles. The number of nitrogens with zero attached hydrogens (tertiary/aromatic N) is 2. The molecule has 1 N–H and O–H groups in total. The summed E-state index contributed by atoms with van der Waals surface area (Å²) < 4.78 is 39.4. The van der Waals surface area contributed by atoms with E-state index in [0.29, 0.717) is 24.5 Å². The van der Waals surface area contributed by atoms with E-state index in [0.717, 1.165) is 40.7 Å². The molecule has 0 fully saturated rings. The van der Waals surface area contributed by atoms with Crippen LogP contribution in [-0.2, 0) is 27.8 Å². The van der Waals surface area contributed by atoms with Gasteiger partial charge in [-0.25, -0.2) is 17.1 Å². The summed E-state index contributed by atoms with van der Waals surface area (Å²) >= 11 is 6.14. The first-order chi connectivity index (χ1) is 14.8. The van der Waals surface area contributed by atoms with Crippen molar-refractivity contribution in [3.05, 3.63) is 64.6 Å². The van der Waals surface area contributed by atoms with Crippen LogP contribution >= 0.6 is 11.6 Å². The van der Waals surface area contributed by atoms with Crippen LogP contribution in [-0.4, -0.2) is 48.7 Å². The van der Waals surface area contributed by atoms with Crippen LogP contribution in [0.1, 0.15) is 24.1 Å². The molecule has 1 amide bonds. The van der Waals surface area contributed by atoms with Crippen molar-refractivity contribution in [1.29, 1.82) is 0 Å². The van der Waals surface area contributed by atoms with Crippen LogP contribution in [0.25, 0.3) is 10.9 Å². The number of rotatable bonds is 6. The molecule has 1 aromatic heterocycles. The lowest BCUT2D eigenvalue weighted by atomic mass is 10.0. The molecule has 6 nitrogen and oxygen atoms in total. The average molecular weight is 464 g/mol. The Balaban J connectivity index is 1.36. The molecule has 0 bridgehead atoms. The normalized spacial score (nSPS) is 14.3. The van der Waals surface area contributed by atoms with E-state index < -0.39 is 15.8 Å². The molecule has 1 aliphatic rings. The number of aromatic nitrogens is 1. The number of carbonyl (C=O) groups excluding carboxylic acids is 1. The lowest BCUT2D eigenvalue weighted by Crippen LogP contribution is -2.36. The summed E-state index contributed by atoms with van der Waals surface area (Å²) in [5.74, 6) is -0.496. The third-order valence-corrected chi connectivity index (χ3v) is 7.78. The number of carbonyl (C=O) groups is 1. The van der Waals surface area contributed by atoms with Crippen LogP contribution in [0.5, 0.6) is 0 Å². The van der Waals surface area contributed by atoms with Crippen molar-refractivity contribution in [3.63, 3.8) is 0 Å². The fourth-order valence-electron chi connectivity index (χ4n) is 3.92. The third-order valence-electron chi connectivity index (χ3n) is 5.68. The molecule has 0 saturated carbocycles. The number of hydrogen-bond acceptors (Lipinski definition) is 3. The quantitative estimate of drug-likeness (QED) is 0.601. The van der Waals surface area contributed by atoms with Gasteiger partial charge in [0.05, 0.1) is 4.90 Å². The van der Waals surface area contributed by atoms with Gasteiger partial charge in [0.1, 0.15) is 5.82 Å². The molecule has 0 aliphatic carbocycles. The van der Waals surface area contributed by atoms with Crippen molar-refractivity contribution >= 4 is 38.4 Å². The van der Waals surface area contributed by atoms with Crippen molar-refractivity contribution < 1.29 is 17.6 Å². The summed E-state index contributed by atoms with van der Waals surface area (Å²) in [6.07, 6.45) is 1.40. The van der Waals surface area contributed by atoms with E-state index in [2.05, 4.69) is 4.98 Å². The molecule has 0 radical (unpaired) electrons. The van der Waals surface area contributed by atoms with Crippen LogP contribution < -0.4 is 0 Å². The van der Waals surface area contributed by atoms with Gasteiger partial charge in [-0.1, -0.05) is 11.6 Å². The molecule has 4 rings (SSSR count). The third kappa shape index (κ3) is 4.46. The molecule has 2 aromatic carbocycles. The Labute approximate surface area is 185 Å². The van der Waals surface area contributed by atoms with Crippen molar-refractivity contribution in [3.8, 4) is 0 Å². The Kier molecular flexibility index (Phi) is 6.05. The minimum Gasteiger partial charge on any atom is -0.358 e. The number of amides is 1. The number of H-pyrrole nitrogens is 1. The first-order valence-corrected chi connectivity index (χ1v) is 11.9. The van der Waals surface area contributed by atoms with Crippen molar-refractivity contribution in [2.45, 2.75) is 30.7 Å². The molecule has 0 spiro atoms. The zero-order valence-corrected chi connectivity index (χ0v) is 18.6. The molecular formula is C22H23ClFN3O3S. The predicted octanol–water partition coefficient (Wildman–Crippen LogP) is 3.95. The summed E-state index contributed by atoms with van der Waals surface area (Å²) in [6.45, 7) is 1.33. The summed E-state index contributed by atoms with van der Waals surface area (Å²) in [5.41, 5.74) is 3.23. The number of aromatic amines is 1. The lowest BCUT2D eigenvalue weighted by Gasteiger charge is -2.27. The molecular weight excluding hydrogens is 441 g/mol. The van der Waals surface area contributed by atoms with Gasteiger partial charge in [-0.2, -0.15) is 0 Å². The molecule has 2 heterocycles. The van der Waals surface area contributed by atoms with Gasteiger partial charge in [0.2, 0.25) is 15.9 Å². The van der Waals surface area contributed by atoms with Crippen LogP contribution in [0.4, 0.5) is 4.39 Å². The van der Waals surface area contributed by atoms with E-state index in [1.807, 2.05) is 23.1 Å². The van der Waals surface area contributed by atoms with Crippen molar-refractivity contribution in [2.24, 2.45) is 0 Å². The topological polar surface area (TPSA) is 73.5 Å². The second-order valence-corrected chi connectivity index (χ2v) is 10.2. The summed E-state index contributed by atoms with van der Waals surface area (Å²) in [7, 11) is -2.25. The van der Waals surface area contributed by atoms with E-state index >= 15 is 0 Å². The number of fused-ring (bicyclic) bond motifs is 3. The summed E-state index contributed by atoms with van der Waals surface area (Å²) in [5, 5.41) is 1.69. The molecule has 3 aromatic rings. The maximum absolute atomic E-state index is 13.1. The van der Waals surface area contributed by atoms with Gasteiger partial charge in [0.25, 0.3) is 0 Å². The number of sulfonamides is 1. The summed E-state index contributed by atoms with van der Waals surface area (Å²) in [4.78, 5) is 18.0. The van der Waals surface area contributed by atoms with E-state index in [4.69, 9.17) is 11.6 Å². The molecule has 0 atom stereocenters. The Bertz CT molecular complexity index is 1220. The minimum absolute atomic E-state index is 0.00499. The predicted molar refractivity (Wildman–Crippen MR) is 118 cm³/mol. The molecule has 0 unspecified atom stereocenters. The van der Waals surface area contributed by atoms with Gasteiger partial charge in [0, 0.05) is 66.7 Å². The van der Waals surface area contributed by atoms with E-state index in [1.54, 1.807) is 0 Å². The van der Waals surface area contributed by atoms with Gasteiger partial charge in [-0.05, 0) is 48.9 Å². The van der Waals surface area contributed by atoms with E-state index in [1.165, 1.54) is 23.5 Å². The van der Waals surface area contributed by atoms with E-state index in [9.17, 15) is 17.6 Å². The highest BCUT2D eigenvalue weighted by atomic mass is 35.5. The first kappa shape index (κ1) is 21.8.